The van der Waals surface area contributed by atoms with E-state index in [0.29, 0.717) is 6.42 Å². The Morgan fingerprint density at radius 2 is 0.780 bits per heavy atom. The number of carbonyl (C=O) groups excluding carboxylic acids is 1. The molecule has 0 saturated heterocycles. The molecule has 0 aliphatic heterocycles. The average molecular weight is 828 g/mol. The van der Waals surface area contributed by atoms with Gasteiger partial charge in [-0.3, -0.25) is 4.79 Å². The number of aliphatic hydroxyl groups excluding tert-OH is 3. The molecule has 5 nitrogen and oxygen atoms in total. The zero-order valence-corrected chi connectivity index (χ0v) is 39.4. The second-order valence-electron chi connectivity index (χ2n) is 17.8. The third-order valence-corrected chi connectivity index (χ3v) is 11.8. The van der Waals surface area contributed by atoms with Crippen LogP contribution in [0.25, 0.3) is 0 Å². The minimum atomic E-state index is -0.954. The van der Waals surface area contributed by atoms with Crippen molar-refractivity contribution >= 4 is 5.91 Å². The predicted molar refractivity (Wildman–Crippen MR) is 259 cm³/mol. The van der Waals surface area contributed by atoms with Gasteiger partial charge in [-0.25, -0.2) is 0 Å². The smallest absolute Gasteiger partial charge is 0.222 e. The summed E-state index contributed by atoms with van der Waals surface area (Å²) in [5.74, 6) is -0.327. The van der Waals surface area contributed by atoms with E-state index < -0.39 is 18.2 Å². The Balaban J connectivity index is 3.65. The van der Waals surface area contributed by atoms with Gasteiger partial charge in [0.15, 0.2) is 0 Å². The summed E-state index contributed by atoms with van der Waals surface area (Å²) >= 11 is 0. The quantitative estimate of drug-likeness (QED) is 0.0363. The van der Waals surface area contributed by atoms with Gasteiger partial charge in [0.05, 0.1) is 31.3 Å². The van der Waals surface area contributed by atoms with Crippen LogP contribution in [0.2, 0.25) is 0 Å². The molecule has 0 saturated carbocycles. The second kappa shape index (κ2) is 49.0. The average Bonchev–Trinajstić information content (AvgIpc) is 3.23. The molecular weight excluding hydrogens is 727 g/mol. The fraction of sp³-hybridized carbons (Fsp3) is 0.833. The van der Waals surface area contributed by atoms with Gasteiger partial charge < -0.3 is 20.6 Å². The Labute approximate surface area is 367 Å². The van der Waals surface area contributed by atoms with Crippen molar-refractivity contribution in [1.29, 1.82) is 0 Å². The maximum Gasteiger partial charge on any atom is 0.222 e. The van der Waals surface area contributed by atoms with Crippen LogP contribution in [0.4, 0.5) is 0 Å². The van der Waals surface area contributed by atoms with Crippen molar-refractivity contribution in [2.45, 2.75) is 283 Å². The normalized spacial score (nSPS) is 13.8. The lowest BCUT2D eigenvalue weighted by Crippen LogP contribution is -2.45. The summed E-state index contributed by atoms with van der Waals surface area (Å²) in [7, 11) is 0. The van der Waals surface area contributed by atoms with Gasteiger partial charge in [0.2, 0.25) is 5.91 Å². The molecule has 0 aromatic heterocycles. The van der Waals surface area contributed by atoms with E-state index in [1.54, 1.807) is 6.08 Å². The summed E-state index contributed by atoms with van der Waals surface area (Å²) in [5, 5.41) is 33.3. The summed E-state index contributed by atoms with van der Waals surface area (Å²) < 4.78 is 0. The van der Waals surface area contributed by atoms with E-state index in [-0.39, 0.29) is 18.9 Å². The Morgan fingerprint density at radius 1 is 0.441 bits per heavy atom. The van der Waals surface area contributed by atoms with E-state index in [2.05, 4.69) is 55.6 Å². The van der Waals surface area contributed by atoms with Gasteiger partial charge in [-0.05, 0) is 64.2 Å². The van der Waals surface area contributed by atoms with Gasteiger partial charge in [0, 0.05) is 0 Å². The summed E-state index contributed by atoms with van der Waals surface area (Å²) in [6, 6.07) is -0.764. The van der Waals surface area contributed by atoms with Crippen LogP contribution in [0.15, 0.2) is 48.6 Å². The van der Waals surface area contributed by atoms with Crippen LogP contribution < -0.4 is 5.32 Å². The topological polar surface area (TPSA) is 89.8 Å². The van der Waals surface area contributed by atoms with Crippen LogP contribution in [0.3, 0.4) is 0 Å². The first-order valence-electron chi connectivity index (χ1n) is 25.9. The summed E-state index contributed by atoms with van der Waals surface area (Å²) in [4.78, 5) is 12.5. The maximum atomic E-state index is 12.5. The number of rotatable bonds is 47. The first-order chi connectivity index (χ1) is 29.0. The van der Waals surface area contributed by atoms with Gasteiger partial charge in [-0.1, -0.05) is 242 Å². The van der Waals surface area contributed by atoms with Crippen molar-refractivity contribution in [2.24, 2.45) is 0 Å². The predicted octanol–water partition coefficient (Wildman–Crippen LogP) is 15.7. The fourth-order valence-corrected chi connectivity index (χ4v) is 7.86. The lowest BCUT2D eigenvalue weighted by Gasteiger charge is -2.21. The lowest BCUT2D eigenvalue weighted by atomic mass is 10.0. The fourth-order valence-electron chi connectivity index (χ4n) is 7.86. The molecule has 0 radical (unpaired) electrons. The number of amides is 1. The van der Waals surface area contributed by atoms with E-state index in [4.69, 9.17) is 0 Å². The van der Waals surface area contributed by atoms with Gasteiger partial charge in [-0.2, -0.15) is 0 Å². The van der Waals surface area contributed by atoms with Gasteiger partial charge in [0.25, 0.3) is 0 Å². The van der Waals surface area contributed by atoms with Crippen molar-refractivity contribution < 1.29 is 20.1 Å². The van der Waals surface area contributed by atoms with Crippen LogP contribution in [0.5, 0.6) is 0 Å². The van der Waals surface area contributed by atoms with E-state index in [1.807, 2.05) is 6.08 Å². The standard InChI is InChI=1S/C54H101NO4/c1-3-5-7-9-11-13-15-17-19-21-23-24-25-26-27-28-30-31-33-35-37-39-41-43-45-47-51(57)49-54(59)55-52(50-56)53(58)48-46-44-42-40-38-36-34-32-29-22-20-18-16-14-12-10-8-6-4-2/h23-24,26-27,38,40,46,48,51-53,56-58H,3-22,25,28-37,39,41-45,47,49-50H2,1-2H3,(H,55,59)/b24-23-,27-26-,40-38+,48-46+. The van der Waals surface area contributed by atoms with Crippen molar-refractivity contribution in [1.82, 2.24) is 5.32 Å². The number of carbonyl (C=O) groups is 1. The lowest BCUT2D eigenvalue weighted by molar-refractivity contribution is -0.124. The molecule has 4 N–H and O–H groups in total. The molecule has 59 heavy (non-hydrogen) atoms. The highest BCUT2D eigenvalue weighted by atomic mass is 16.3. The van der Waals surface area contributed by atoms with E-state index in [0.717, 1.165) is 38.5 Å². The molecule has 0 heterocycles. The van der Waals surface area contributed by atoms with E-state index in [9.17, 15) is 20.1 Å². The number of unbranched alkanes of at least 4 members (excludes halogenated alkanes) is 32. The maximum absolute atomic E-state index is 12.5. The minimum absolute atomic E-state index is 0.00226. The van der Waals surface area contributed by atoms with Crippen LogP contribution in [-0.2, 0) is 4.79 Å². The van der Waals surface area contributed by atoms with Gasteiger partial charge in [0.1, 0.15) is 0 Å². The van der Waals surface area contributed by atoms with Crippen LogP contribution >= 0.6 is 0 Å². The Hall–Kier alpha value is -1.69. The molecule has 5 heteroatoms. The summed E-state index contributed by atoms with van der Waals surface area (Å²) in [5.41, 5.74) is 0. The SMILES string of the molecule is CCCCCCCCCCC/C=C\C/C=C\CCCCCCCCCCCC(O)CC(=O)NC(CO)C(O)/C=C/CC/C=C/CCCCCCCCCCCCCCC. The van der Waals surface area contributed by atoms with Gasteiger partial charge >= 0.3 is 0 Å². The third kappa shape index (κ3) is 45.7. The largest absolute Gasteiger partial charge is 0.394 e. The Kier molecular flexibility index (Phi) is 47.6. The molecular formula is C54H101NO4. The molecule has 0 spiro atoms. The Morgan fingerprint density at radius 3 is 1.19 bits per heavy atom. The molecule has 0 aromatic carbocycles. The number of aliphatic hydroxyl groups is 3. The molecule has 3 atom stereocenters. The number of hydrogen-bond acceptors (Lipinski definition) is 4. The van der Waals surface area contributed by atoms with E-state index >= 15 is 0 Å². The summed E-state index contributed by atoms with van der Waals surface area (Å²) in [6.45, 7) is 4.22. The molecule has 0 rings (SSSR count). The summed E-state index contributed by atoms with van der Waals surface area (Å²) in [6.07, 6.45) is 64.2. The van der Waals surface area contributed by atoms with Crippen LogP contribution in [-0.4, -0.2) is 46.1 Å². The molecule has 3 unspecified atom stereocenters. The van der Waals surface area contributed by atoms with Crippen molar-refractivity contribution in [3.8, 4) is 0 Å². The van der Waals surface area contributed by atoms with E-state index in [1.165, 1.54) is 199 Å². The number of nitrogens with one attached hydrogen (secondary N) is 1. The van der Waals surface area contributed by atoms with Crippen molar-refractivity contribution in [3.63, 3.8) is 0 Å². The van der Waals surface area contributed by atoms with Gasteiger partial charge in [-0.15, -0.1) is 0 Å². The monoisotopic (exact) mass is 828 g/mol. The highest BCUT2D eigenvalue weighted by Crippen LogP contribution is 2.16. The zero-order chi connectivity index (χ0) is 43.0. The van der Waals surface area contributed by atoms with Crippen molar-refractivity contribution in [3.05, 3.63) is 48.6 Å². The molecule has 0 fully saturated rings. The first kappa shape index (κ1) is 57.3. The number of hydrogen-bond donors (Lipinski definition) is 4. The highest BCUT2D eigenvalue weighted by molar-refractivity contribution is 5.76. The van der Waals surface area contributed by atoms with Crippen LogP contribution in [0, 0.1) is 0 Å². The molecule has 0 aromatic rings. The minimum Gasteiger partial charge on any atom is -0.394 e. The molecule has 346 valence electrons. The van der Waals surface area contributed by atoms with Crippen molar-refractivity contribution in [2.75, 3.05) is 6.61 Å². The third-order valence-electron chi connectivity index (χ3n) is 11.8. The molecule has 0 bridgehead atoms. The van der Waals surface area contributed by atoms with Crippen LogP contribution in [0.1, 0.15) is 264 Å². The number of allylic oxidation sites excluding steroid dienone is 7. The molecule has 0 aliphatic carbocycles. The molecule has 1 amide bonds. The second-order valence-corrected chi connectivity index (χ2v) is 17.8. The Bertz CT molecular complexity index is 958. The zero-order valence-electron chi connectivity index (χ0n) is 39.4. The first-order valence-corrected chi connectivity index (χ1v) is 25.9. The molecule has 0 aliphatic rings. The highest BCUT2D eigenvalue weighted by Gasteiger charge is 2.20.